The topological polar surface area (TPSA) is 58.0 Å². The van der Waals surface area contributed by atoms with Crippen LogP contribution in [0, 0.1) is 0 Å². The van der Waals surface area contributed by atoms with E-state index in [1.807, 2.05) is 55.2 Å². The van der Waals surface area contributed by atoms with Crippen LogP contribution in [0.15, 0.2) is 47.6 Å². The van der Waals surface area contributed by atoms with E-state index in [-0.39, 0.29) is 17.8 Å². The minimum absolute atomic E-state index is 0.0461. The summed E-state index contributed by atoms with van der Waals surface area (Å²) in [6.07, 6.45) is 1.81. The Labute approximate surface area is 151 Å². The lowest BCUT2D eigenvalue weighted by atomic mass is 9.96. The second-order valence-corrected chi connectivity index (χ2v) is 7.70. The number of pyridine rings is 1. The van der Waals surface area contributed by atoms with E-state index >= 15 is 0 Å². The highest BCUT2D eigenvalue weighted by atomic mass is 32.2. The van der Waals surface area contributed by atoms with Gasteiger partial charge >= 0.3 is 0 Å². The van der Waals surface area contributed by atoms with Gasteiger partial charge in [0.1, 0.15) is 6.04 Å². The molecule has 130 valence electrons. The number of hydrogen-bond donors (Lipinski definition) is 1. The highest BCUT2D eigenvalue weighted by Gasteiger charge is 2.43. The summed E-state index contributed by atoms with van der Waals surface area (Å²) in [4.78, 5) is 11.9. The quantitative estimate of drug-likeness (QED) is 0.905. The number of benzene rings is 1. The fourth-order valence-electron chi connectivity index (χ4n) is 3.46. The molecule has 1 aromatic heterocycles. The Hall–Kier alpha value is -2.21. The van der Waals surface area contributed by atoms with Crippen molar-refractivity contribution in [2.24, 2.45) is 4.99 Å². The third-order valence-electron chi connectivity index (χ3n) is 4.51. The maximum atomic E-state index is 10.0. The Kier molecular flexibility index (Phi) is 4.29. The zero-order valence-corrected chi connectivity index (χ0v) is 15.1. The Bertz CT molecular complexity index is 797. The van der Waals surface area contributed by atoms with Gasteiger partial charge in [-0.15, -0.1) is 0 Å². The van der Waals surface area contributed by atoms with Gasteiger partial charge in [-0.3, -0.25) is 9.98 Å². The maximum Gasteiger partial charge on any atom is 0.161 e. The average molecular weight is 355 g/mol. The van der Waals surface area contributed by atoms with Gasteiger partial charge in [0.2, 0.25) is 0 Å². The standard InChI is InChI=1S/C19H21N3O2S/c1-3-24-16-10-13(7-8-15(16)23)18-17(14-6-4-5-9-20-14)21-19-22(18)11-12(2)25-19/h4-10,12,17-18,23H,3,11H2,1-2H3/t12-,17+,18-/m0/s1. The normalized spacial score (nSPS) is 25.0. The van der Waals surface area contributed by atoms with E-state index in [1.54, 1.807) is 6.07 Å². The Balaban J connectivity index is 1.76. The lowest BCUT2D eigenvalue weighted by Gasteiger charge is -2.27. The first-order valence-electron chi connectivity index (χ1n) is 8.55. The molecular formula is C19H21N3O2S. The number of aliphatic imine (C=N–C) groups is 1. The molecule has 1 aromatic carbocycles. The minimum atomic E-state index is -0.0461. The summed E-state index contributed by atoms with van der Waals surface area (Å²) in [5, 5.41) is 11.6. The van der Waals surface area contributed by atoms with Crippen LogP contribution in [0.3, 0.4) is 0 Å². The first-order valence-corrected chi connectivity index (χ1v) is 9.43. The highest BCUT2D eigenvalue weighted by Crippen LogP contribution is 2.48. The molecule has 5 nitrogen and oxygen atoms in total. The molecule has 0 saturated carbocycles. The smallest absolute Gasteiger partial charge is 0.161 e. The SMILES string of the molecule is CCOc1cc([C@H]2[C@@H](c3ccccn3)N=C3S[C@@H](C)CN32)ccc1O. The van der Waals surface area contributed by atoms with Gasteiger partial charge in [0.15, 0.2) is 16.7 Å². The lowest BCUT2D eigenvalue weighted by molar-refractivity contribution is 0.306. The predicted molar refractivity (Wildman–Crippen MR) is 100 cm³/mol. The molecule has 2 aliphatic heterocycles. The van der Waals surface area contributed by atoms with E-state index in [0.717, 1.165) is 23.0 Å². The molecule has 0 bridgehead atoms. The summed E-state index contributed by atoms with van der Waals surface area (Å²) in [6.45, 7) is 5.62. The fourth-order valence-corrected chi connectivity index (χ4v) is 4.56. The zero-order valence-electron chi connectivity index (χ0n) is 14.3. The summed E-state index contributed by atoms with van der Waals surface area (Å²) < 4.78 is 5.58. The van der Waals surface area contributed by atoms with Crippen LogP contribution in [0.5, 0.6) is 11.5 Å². The first-order chi connectivity index (χ1) is 12.2. The second-order valence-electron chi connectivity index (χ2n) is 6.30. The molecule has 3 heterocycles. The van der Waals surface area contributed by atoms with Gasteiger partial charge in [0, 0.05) is 18.0 Å². The Morgan fingerprint density at radius 2 is 2.20 bits per heavy atom. The molecule has 0 amide bonds. The summed E-state index contributed by atoms with van der Waals surface area (Å²) in [5.41, 5.74) is 2.05. The van der Waals surface area contributed by atoms with E-state index in [4.69, 9.17) is 9.73 Å². The maximum absolute atomic E-state index is 10.0. The molecule has 0 unspecified atom stereocenters. The zero-order chi connectivity index (χ0) is 17.4. The molecule has 0 spiro atoms. The molecule has 0 aliphatic carbocycles. The molecule has 1 saturated heterocycles. The summed E-state index contributed by atoms with van der Waals surface area (Å²) >= 11 is 1.82. The number of phenols is 1. The number of ether oxygens (including phenoxy) is 1. The third kappa shape index (κ3) is 2.95. The fraction of sp³-hybridized carbons (Fsp3) is 0.368. The molecule has 1 N–H and O–H groups in total. The largest absolute Gasteiger partial charge is 0.504 e. The van der Waals surface area contributed by atoms with Gasteiger partial charge in [-0.05, 0) is 36.8 Å². The molecule has 3 atom stereocenters. The molecule has 2 aliphatic rings. The number of thioether (sulfide) groups is 1. The monoisotopic (exact) mass is 355 g/mol. The molecular weight excluding hydrogens is 334 g/mol. The number of amidine groups is 1. The van der Waals surface area contributed by atoms with Gasteiger partial charge in [-0.1, -0.05) is 30.8 Å². The minimum Gasteiger partial charge on any atom is -0.504 e. The van der Waals surface area contributed by atoms with Crippen LogP contribution < -0.4 is 4.74 Å². The van der Waals surface area contributed by atoms with E-state index in [0.29, 0.717) is 17.6 Å². The van der Waals surface area contributed by atoms with E-state index < -0.39 is 0 Å². The van der Waals surface area contributed by atoms with Crippen molar-refractivity contribution in [1.29, 1.82) is 0 Å². The van der Waals surface area contributed by atoms with Crippen molar-refractivity contribution in [2.45, 2.75) is 31.2 Å². The number of aromatic hydroxyl groups is 1. The number of hydrogen-bond acceptors (Lipinski definition) is 6. The van der Waals surface area contributed by atoms with Crippen LogP contribution >= 0.6 is 11.8 Å². The number of fused-ring (bicyclic) bond motifs is 1. The molecule has 0 radical (unpaired) electrons. The number of aromatic nitrogens is 1. The third-order valence-corrected chi connectivity index (χ3v) is 5.61. The molecule has 6 heteroatoms. The molecule has 2 aromatic rings. The van der Waals surface area contributed by atoms with E-state index in [1.165, 1.54) is 0 Å². The van der Waals surface area contributed by atoms with Gasteiger partial charge in [0.05, 0.1) is 18.3 Å². The Morgan fingerprint density at radius 3 is 2.96 bits per heavy atom. The van der Waals surface area contributed by atoms with Gasteiger partial charge in [-0.2, -0.15) is 0 Å². The van der Waals surface area contributed by atoms with Crippen molar-refractivity contribution >= 4 is 16.9 Å². The van der Waals surface area contributed by atoms with Crippen molar-refractivity contribution in [3.63, 3.8) is 0 Å². The van der Waals surface area contributed by atoms with Gasteiger partial charge in [-0.25, -0.2) is 0 Å². The van der Waals surface area contributed by atoms with Crippen LogP contribution in [0.4, 0.5) is 0 Å². The Morgan fingerprint density at radius 1 is 1.32 bits per heavy atom. The average Bonchev–Trinajstić information content (AvgIpc) is 3.14. The van der Waals surface area contributed by atoms with Crippen molar-refractivity contribution in [3.05, 3.63) is 53.9 Å². The summed E-state index contributed by atoms with van der Waals surface area (Å²) in [6, 6.07) is 11.6. The first kappa shape index (κ1) is 16.3. The van der Waals surface area contributed by atoms with Crippen LogP contribution in [0.2, 0.25) is 0 Å². The van der Waals surface area contributed by atoms with Crippen LogP contribution in [-0.2, 0) is 0 Å². The van der Waals surface area contributed by atoms with Crippen LogP contribution in [-0.4, -0.2) is 38.6 Å². The van der Waals surface area contributed by atoms with Crippen molar-refractivity contribution in [1.82, 2.24) is 9.88 Å². The number of phenolic OH excluding ortho intramolecular Hbond substituents is 1. The number of nitrogens with zero attached hydrogens (tertiary/aromatic N) is 3. The van der Waals surface area contributed by atoms with E-state index in [2.05, 4.69) is 16.8 Å². The van der Waals surface area contributed by atoms with E-state index in [9.17, 15) is 5.11 Å². The summed E-state index contributed by atoms with van der Waals surface area (Å²) in [7, 11) is 0. The van der Waals surface area contributed by atoms with Gasteiger partial charge in [0.25, 0.3) is 0 Å². The number of rotatable bonds is 4. The van der Waals surface area contributed by atoms with Crippen molar-refractivity contribution in [2.75, 3.05) is 13.2 Å². The summed E-state index contributed by atoms with van der Waals surface area (Å²) in [5.74, 6) is 0.691. The van der Waals surface area contributed by atoms with Gasteiger partial charge < -0.3 is 14.7 Å². The van der Waals surface area contributed by atoms with Crippen LogP contribution in [0.1, 0.15) is 37.2 Å². The second kappa shape index (κ2) is 6.59. The van der Waals surface area contributed by atoms with Crippen molar-refractivity contribution < 1.29 is 9.84 Å². The lowest BCUT2D eigenvalue weighted by Crippen LogP contribution is -2.28. The predicted octanol–water partition coefficient (Wildman–Crippen LogP) is 3.78. The molecule has 25 heavy (non-hydrogen) atoms. The molecule has 4 rings (SSSR count). The molecule has 1 fully saturated rings. The van der Waals surface area contributed by atoms with Crippen molar-refractivity contribution in [3.8, 4) is 11.5 Å². The highest BCUT2D eigenvalue weighted by molar-refractivity contribution is 8.14. The van der Waals surface area contributed by atoms with Crippen LogP contribution in [0.25, 0.3) is 0 Å².